The summed E-state index contributed by atoms with van der Waals surface area (Å²) in [7, 11) is -3.59. The van der Waals surface area contributed by atoms with Gasteiger partial charge < -0.3 is 4.42 Å². The number of alkyl halides is 3. The van der Waals surface area contributed by atoms with E-state index >= 15 is 0 Å². The third kappa shape index (κ3) is 4.63. The predicted octanol–water partition coefficient (Wildman–Crippen LogP) is 4.31. The van der Waals surface area contributed by atoms with Gasteiger partial charge in [0.05, 0.1) is 22.8 Å². The highest BCUT2D eigenvalue weighted by atomic mass is 32.2. The van der Waals surface area contributed by atoms with Crippen LogP contribution in [0, 0.1) is 0 Å². The summed E-state index contributed by atoms with van der Waals surface area (Å²) in [6, 6.07) is 7.95. The molecule has 1 fully saturated rings. The van der Waals surface area contributed by atoms with Crippen molar-refractivity contribution in [2.75, 3.05) is 18.8 Å². The average molecular weight is 405 g/mol. The van der Waals surface area contributed by atoms with Crippen molar-refractivity contribution in [2.24, 2.45) is 0 Å². The molecule has 26 heavy (non-hydrogen) atoms. The van der Waals surface area contributed by atoms with Crippen molar-refractivity contribution in [3.63, 3.8) is 0 Å². The number of furan rings is 1. The number of hydrogen-bond donors (Lipinski definition) is 0. The molecule has 0 bridgehead atoms. The van der Waals surface area contributed by atoms with Crippen LogP contribution in [0.15, 0.2) is 47.1 Å². The zero-order valence-corrected chi connectivity index (χ0v) is 15.4. The second-order valence-electron chi connectivity index (χ2n) is 6.01. The van der Waals surface area contributed by atoms with Gasteiger partial charge in [-0.15, -0.1) is 11.8 Å². The van der Waals surface area contributed by atoms with Crippen molar-refractivity contribution < 1.29 is 26.0 Å². The molecule has 1 unspecified atom stereocenters. The Morgan fingerprint density at radius 2 is 1.88 bits per heavy atom. The molecule has 1 aromatic heterocycles. The number of thioether (sulfide) groups is 1. The highest BCUT2D eigenvalue weighted by Gasteiger charge is 2.31. The SMILES string of the molecule is O=S(=O)(Cc1ccc(C(F)(F)F)cc1)N1CCSC(c2ccco2)CC1. The Bertz CT molecular complexity index is 818. The summed E-state index contributed by atoms with van der Waals surface area (Å²) in [6.45, 7) is 0.742. The fourth-order valence-corrected chi connectivity index (χ4v) is 5.67. The van der Waals surface area contributed by atoms with Gasteiger partial charge in [0.2, 0.25) is 10.0 Å². The highest BCUT2D eigenvalue weighted by molar-refractivity contribution is 7.99. The fraction of sp³-hybridized carbons (Fsp3) is 0.412. The number of benzene rings is 1. The van der Waals surface area contributed by atoms with Gasteiger partial charge in [-0.1, -0.05) is 12.1 Å². The maximum Gasteiger partial charge on any atom is 0.416 e. The van der Waals surface area contributed by atoms with Crippen molar-refractivity contribution in [1.29, 1.82) is 0 Å². The molecule has 1 aliphatic rings. The number of sulfonamides is 1. The molecule has 3 rings (SSSR count). The van der Waals surface area contributed by atoms with Gasteiger partial charge in [0.25, 0.3) is 0 Å². The third-order valence-electron chi connectivity index (χ3n) is 4.18. The van der Waals surface area contributed by atoms with Crippen LogP contribution in [0.3, 0.4) is 0 Å². The van der Waals surface area contributed by atoms with Crippen LogP contribution < -0.4 is 0 Å². The van der Waals surface area contributed by atoms with Crippen LogP contribution in [0.25, 0.3) is 0 Å². The van der Waals surface area contributed by atoms with Gasteiger partial charge in [0.15, 0.2) is 0 Å². The summed E-state index contributed by atoms with van der Waals surface area (Å²) in [4.78, 5) is 0. The quantitative estimate of drug-likeness (QED) is 0.761. The summed E-state index contributed by atoms with van der Waals surface area (Å²) in [6.07, 6.45) is -2.20. The highest BCUT2D eigenvalue weighted by Crippen LogP contribution is 2.35. The molecule has 1 atom stereocenters. The van der Waals surface area contributed by atoms with Crippen molar-refractivity contribution in [1.82, 2.24) is 4.31 Å². The Labute approximate surface area is 154 Å². The van der Waals surface area contributed by atoms with Gasteiger partial charge in [0, 0.05) is 18.8 Å². The topological polar surface area (TPSA) is 50.5 Å². The summed E-state index contributed by atoms with van der Waals surface area (Å²) >= 11 is 1.65. The first-order valence-electron chi connectivity index (χ1n) is 8.05. The second kappa shape index (κ2) is 7.66. The van der Waals surface area contributed by atoms with Gasteiger partial charge in [-0.25, -0.2) is 12.7 Å². The van der Waals surface area contributed by atoms with E-state index in [9.17, 15) is 21.6 Å². The Hall–Kier alpha value is -1.45. The lowest BCUT2D eigenvalue weighted by molar-refractivity contribution is -0.137. The molecular formula is C17H18F3NO3S2. The summed E-state index contributed by atoms with van der Waals surface area (Å²) in [5, 5.41) is 0.108. The summed E-state index contributed by atoms with van der Waals surface area (Å²) in [5.41, 5.74) is -0.441. The number of hydrogen-bond acceptors (Lipinski definition) is 4. The van der Waals surface area contributed by atoms with Gasteiger partial charge in [-0.3, -0.25) is 0 Å². The van der Waals surface area contributed by atoms with Gasteiger partial charge in [-0.2, -0.15) is 13.2 Å². The molecule has 0 aliphatic carbocycles. The second-order valence-corrected chi connectivity index (χ2v) is 9.29. The first kappa shape index (κ1) is 19.3. The Morgan fingerprint density at radius 3 is 2.50 bits per heavy atom. The number of rotatable bonds is 4. The van der Waals surface area contributed by atoms with Crippen LogP contribution in [0.2, 0.25) is 0 Å². The monoisotopic (exact) mass is 405 g/mol. The minimum Gasteiger partial charge on any atom is -0.468 e. The third-order valence-corrected chi connectivity index (χ3v) is 7.32. The smallest absolute Gasteiger partial charge is 0.416 e. The van der Waals surface area contributed by atoms with Crippen molar-refractivity contribution in [2.45, 2.75) is 23.6 Å². The Kier molecular flexibility index (Phi) is 5.69. The van der Waals surface area contributed by atoms with E-state index in [2.05, 4.69) is 0 Å². The van der Waals surface area contributed by atoms with E-state index in [1.807, 2.05) is 6.07 Å². The molecule has 2 aromatic rings. The van der Waals surface area contributed by atoms with Gasteiger partial charge >= 0.3 is 6.18 Å². The van der Waals surface area contributed by atoms with E-state index in [0.29, 0.717) is 30.8 Å². The van der Waals surface area contributed by atoms with Crippen LogP contribution >= 0.6 is 11.8 Å². The number of nitrogens with zero attached hydrogens (tertiary/aromatic N) is 1. The van der Waals surface area contributed by atoms with E-state index in [4.69, 9.17) is 4.42 Å². The van der Waals surface area contributed by atoms with E-state index < -0.39 is 21.8 Å². The molecule has 0 N–H and O–H groups in total. The predicted molar refractivity (Wildman–Crippen MR) is 94.2 cm³/mol. The van der Waals surface area contributed by atoms with Crippen LogP contribution in [0.1, 0.15) is 28.6 Å². The molecule has 1 aliphatic heterocycles. The van der Waals surface area contributed by atoms with Crippen molar-refractivity contribution in [3.8, 4) is 0 Å². The average Bonchev–Trinajstić information content (AvgIpc) is 2.98. The lowest BCUT2D eigenvalue weighted by atomic mass is 10.1. The molecule has 0 amide bonds. The van der Waals surface area contributed by atoms with E-state index in [1.165, 1.54) is 16.4 Å². The van der Waals surface area contributed by atoms with Crippen LogP contribution in [0.4, 0.5) is 13.2 Å². The van der Waals surface area contributed by atoms with Crippen LogP contribution in [-0.4, -0.2) is 31.6 Å². The molecule has 9 heteroatoms. The molecule has 4 nitrogen and oxygen atoms in total. The molecule has 0 saturated carbocycles. The first-order chi connectivity index (χ1) is 12.3. The standard InChI is InChI=1S/C17H18F3NO3S2/c18-17(19,20)14-5-3-13(4-6-14)12-26(22,23)21-8-7-16(25-11-9-21)15-2-1-10-24-15/h1-6,10,16H,7-9,11-12H2. The summed E-state index contributed by atoms with van der Waals surface area (Å²) in [5.74, 6) is 1.16. The van der Waals surface area contributed by atoms with Crippen molar-refractivity contribution >= 4 is 21.8 Å². The van der Waals surface area contributed by atoms with Gasteiger partial charge in [0.1, 0.15) is 5.76 Å². The Morgan fingerprint density at radius 1 is 1.15 bits per heavy atom. The lowest BCUT2D eigenvalue weighted by Gasteiger charge is -2.20. The van der Waals surface area contributed by atoms with Crippen LogP contribution in [0.5, 0.6) is 0 Å². The zero-order chi connectivity index (χ0) is 18.8. The Balaban J connectivity index is 1.66. The van der Waals surface area contributed by atoms with E-state index in [0.717, 1.165) is 17.9 Å². The van der Waals surface area contributed by atoms with Crippen LogP contribution in [-0.2, 0) is 22.0 Å². The molecular weight excluding hydrogens is 387 g/mol. The minimum absolute atomic E-state index is 0.108. The van der Waals surface area contributed by atoms with E-state index in [1.54, 1.807) is 24.1 Å². The maximum absolute atomic E-state index is 12.7. The molecule has 1 aromatic carbocycles. The first-order valence-corrected chi connectivity index (χ1v) is 10.7. The maximum atomic E-state index is 12.7. The summed E-state index contributed by atoms with van der Waals surface area (Å²) < 4.78 is 70.0. The number of halogens is 3. The molecule has 142 valence electrons. The molecule has 0 spiro atoms. The van der Waals surface area contributed by atoms with E-state index in [-0.39, 0.29) is 11.0 Å². The zero-order valence-electron chi connectivity index (χ0n) is 13.8. The van der Waals surface area contributed by atoms with Crippen molar-refractivity contribution in [3.05, 3.63) is 59.5 Å². The van der Waals surface area contributed by atoms with Gasteiger partial charge in [-0.05, 0) is 36.2 Å². The lowest BCUT2D eigenvalue weighted by Crippen LogP contribution is -2.34. The minimum atomic E-state index is -4.43. The normalized spacial score (nSPS) is 20.0. The molecule has 0 radical (unpaired) electrons. The molecule has 1 saturated heterocycles. The molecule has 2 heterocycles. The fourth-order valence-electron chi connectivity index (χ4n) is 2.82. The largest absolute Gasteiger partial charge is 0.468 e.